The minimum Gasteiger partial charge on any atom is -0.467 e. The summed E-state index contributed by atoms with van der Waals surface area (Å²) >= 11 is 0. The third-order valence-corrected chi connectivity index (χ3v) is 10.4. The van der Waals surface area contributed by atoms with Crippen molar-refractivity contribution in [1.82, 2.24) is 15.5 Å². The van der Waals surface area contributed by atoms with E-state index in [0.29, 0.717) is 23.3 Å². The summed E-state index contributed by atoms with van der Waals surface area (Å²) < 4.78 is 18.2. The molecule has 2 heterocycles. The highest BCUT2D eigenvalue weighted by molar-refractivity contribution is 5.83. The molecule has 0 spiro atoms. The summed E-state index contributed by atoms with van der Waals surface area (Å²) in [4.78, 5) is 27.8. The number of carbonyl (C=O) groups excluding carboxylic acids is 2. The number of carbonyl (C=O) groups is 2. The number of ether oxygens (including phenoxy) is 3. The molecule has 2 bridgehead atoms. The van der Waals surface area contributed by atoms with Crippen molar-refractivity contribution in [2.24, 2.45) is 10.8 Å². The topological polar surface area (TPSA) is 109 Å². The lowest BCUT2D eigenvalue weighted by Gasteiger charge is -2.41. The predicted molar refractivity (Wildman–Crippen MR) is 187 cm³/mol. The summed E-state index contributed by atoms with van der Waals surface area (Å²) in [5.74, 6) is -0.498. The van der Waals surface area contributed by atoms with Gasteiger partial charge in [-0.3, -0.25) is 4.90 Å². The Morgan fingerprint density at radius 1 is 0.918 bits per heavy atom. The zero-order valence-electron chi connectivity index (χ0n) is 29.2. The Kier molecular flexibility index (Phi) is 10.7. The van der Waals surface area contributed by atoms with Crippen LogP contribution in [0.1, 0.15) is 86.7 Å². The molecule has 3 fully saturated rings. The summed E-state index contributed by atoms with van der Waals surface area (Å²) in [6.45, 7) is 9.52. The molecule has 1 aliphatic carbocycles. The third kappa shape index (κ3) is 8.89. The van der Waals surface area contributed by atoms with Gasteiger partial charge in [0, 0.05) is 44.1 Å². The number of fused-ring (bicyclic) bond motifs is 2. The fourth-order valence-electron chi connectivity index (χ4n) is 8.45. The largest absolute Gasteiger partial charge is 0.467 e. The van der Waals surface area contributed by atoms with Crippen molar-refractivity contribution in [3.63, 3.8) is 0 Å². The first kappa shape index (κ1) is 35.1. The van der Waals surface area contributed by atoms with Gasteiger partial charge in [-0.25, -0.2) is 9.59 Å². The molecule has 2 saturated heterocycles. The van der Waals surface area contributed by atoms with Crippen molar-refractivity contribution in [1.29, 1.82) is 0 Å². The Bertz CT molecular complexity index is 1560. The highest BCUT2D eigenvalue weighted by Crippen LogP contribution is 2.53. The van der Waals surface area contributed by atoms with Crippen molar-refractivity contribution < 1.29 is 28.9 Å². The fraction of sp³-hybridized carbons (Fsp3) is 0.500. The summed E-state index contributed by atoms with van der Waals surface area (Å²) in [7, 11) is 1.32. The number of aliphatic hydroxyl groups is 1. The number of benzene rings is 3. The minimum absolute atomic E-state index is 0.00369. The number of methoxy groups -OCH3 is 1. The second kappa shape index (κ2) is 15.0. The first-order valence-corrected chi connectivity index (χ1v) is 17.5. The Hall–Kier alpha value is -3.76. The van der Waals surface area contributed by atoms with Crippen LogP contribution in [0.3, 0.4) is 0 Å². The summed E-state index contributed by atoms with van der Waals surface area (Å²) in [6.07, 6.45) is 4.12. The van der Waals surface area contributed by atoms with E-state index >= 15 is 0 Å². The van der Waals surface area contributed by atoms with Crippen LogP contribution < -0.4 is 10.6 Å². The second-order valence-corrected chi connectivity index (χ2v) is 15.3. The number of esters is 1. The molecule has 3 aromatic carbocycles. The van der Waals surface area contributed by atoms with Crippen molar-refractivity contribution in [2.75, 3.05) is 20.2 Å². The Labute approximate surface area is 290 Å². The smallest absolute Gasteiger partial charge is 0.328 e. The molecule has 262 valence electrons. The second-order valence-electron chi connectivity index (χ2n) is 15.3. The molecule has 9 nitrogen and oxygen atoms in total. The lowest BCUT2D eigenvalue weighted by Crippen LogP contribution is -2.47. The maximum atomic E-state index is 12.8. The van der Waals surface area contributed by atoms with Crippen molar-refractivity contribution >= 4 is 12.0 Å². The number of hydrogen-bond donors (Lipinski definition) is 3. The van der Waals surface area contributed by atoms with Crippen LogP contribution >= 0.6 is 0 Å². The third-order valence-electron chi connectivity index (χ3n) is 10.4. The van der Waals surface area contributed by atoms with Gasteiger partial charge in [0.2, 0.25) is 0 Å². The molecule has 2 amide bonds. The molecule has 3 aromatic rings. The molecule has 0 radical (unpaired) electrons. The average molecular weight is 670 g/mol. The van der Waals surface area contributed by atoms with Crippen molar-refractivity contribution in [3.8, 4) is 0 Å². The van der Waals surface area contributed by atoms with Gasteiger partial charge in [-0.1, -0.05) is 99.6 Å². The first-order valence-electron chi connectivity index (χ1n) is 17.5. The monoisotopic (exact) mass is 669 g/mol. The van der Waals surface area contributed by atoms with E-state index < -0.39 is 24.3 Å². The summed E-state index contributed by atoms with van der Waals surface area (Å²) in [5, 5.41) is 15.2. The maximum Gasteiger partial charge on any atom is 0.328 e. The Morgan fingerprint density at radius 3 is 2.31 bits per heavy atom. The zero-order valence-corrected chi connectivity index (χ0v) is 29.2. The van der Waals surface area contributed by atoms with Crippen molar-refractivity contribution in [2.45, 2.75) is 96.6 Å². The van der Waals surface area contributed by atoms with Gasteiger partial charge in [-0.15, -0.1) is 0 Å². The Morgan fingerprint density at radius 2 is 1.61 bits per heavy atom. The number of nitrogens with zero attached hydrogens (tertiary/aromatic N) is 1. The van der Waals surface area contributed by atoms with E-state index in [1.807, 2.05) is 78.9 Å². The SMILES string of the molecule is COC(=O)[C@H](Cc1ccccc1)NC(=O)NCc1ccc([C@@H]2O[C@H](CN3CC4(C)CC3CC(C)(C)C4)C[C@H](c3ccc(CO)cc3)O2)cc1. The molecule has 6 atom stereocenters. The molecule has 6 rings (SSSR count). The standard InChI is InChI=1S/C40H51N3O6/c1-39(2)20-32-21-40(3,25-39)26-43(32)23-33-19-35(30-14-12-29(24-44)13-15-30)49-37(48-33)31-16-10-28(11-17-31)22-41-38(46)42-34(36(45)47-4)18-27-8-6-5-7-9-27/h5-17,32-35,37,44H,18-26H2,1-4H3,(H2,41,42,46)/t32?,33-,34-,35+,37+,40?/m0/s1. The van der Waals surface area contributed by atoms with Crippen molar-refractivity contribution in [3.05, 3.63) is 107 Å². The van der Waals surface area contributed by atoms with E-state index in [-0.39, 0.29) is 25.4 Å². The molecule has 49 heavy (non-hydrogen) atoms. The number of hydrogen-bond acceptors (Lipinski definition) is 7. The number of rotatable bonds is 11. The van der Waals surface area contributed by atoms with Gasteiger partial charge in [0.15, 0.2) is 6.29 Å². The molecule has 9 heteroatoms. The quantitative estimate of drug-likeness (QED) is 0.209. The normalized spacial score (nSPS) is 26.9. The van der Waals surface area contributed by atoms with Crippen LogP contribution in [0.2, 0.25) is 0 Å². The molecule has 2 unspecified atom stereocenters. The van der Waals surface area contributed by atoms with Crippen LogP contribution in [0.5, 0.6) is 0 Å². The molecule has 2 aliphatic heterocycles. The van der Waals surface area contributed by atoms with Gasteiger partial charge in [0.25, 0.3) is 0 Å². The van der Waals surface area contributed by atoms with E-state index in [9.17, 15) is 14.7 Å². The molecular formula is C40H51N3O6. The van der Waals surface area contributed by atoms with Gasteiger partial charge < -0.3 is 30.0 Å². The van der Waals surface area contributed by atoms with Crippen LogP contribution in [0.4, 0.5) is 4.79 Å². The predicted octanol–water partition coefficient (Wildman–Crippen LogP) is 6.21. The van der Waals surface area contributed by atoms with Crippen LogP contribution in [0.25, 0.3) is 0 Å². The highest BCUT2D eigenvalue weighted by Gasteiger charge is 2.50. The number of urea groups is 1. The zero-order chi connectivity index (χ0) is 34.6. The van der Waals surface area contributed by atoms with Crippen LogP contribution in [-0.4, -0.2) is 60.4 Å². The molecule has 3 aliphatic rings. The van der Waals surface area contributed by atoms with E-state index in [1.165, 1.54) is 26.4 Å². The lowest BCUT2D eigenvalue weighted by molar-refractivity contribution is -0.253. The van der Waals surface area contributed by atoms with Crippen LogP contribution in [0.15, 0.2) is 78.9 Å². The van der Waals surface area contributed by atoms with Gasteiger partial charge >= 0.3 is 12.0 Å². The summed E-state index contributed by atoms with van der Waals surface area (Å²) in [5.41, 5.74) is 5.39. The number of nitrogens with one attached hydrogen (secondary N) is 2. The molecule has 1 saturated carbocycles. The fourth-order valence-corrected chi connectivity index (χ4v) is 8.45. The minimum atomic E-state index is -0.800. The average Bonchev–Trinajstić information content (AvgIpc) is 3.33. The Balaban J connectivity index is 1.10. The lowest BCUT2D eigenvalue weighted by atomic mass is 9.65. The highest BCUT2D eigenvalue weighted by atomic mass is 16.7. The molecular weight excluding hydrogens is 618 g/mol. The van der Waals surface area contributed by atoms with Gasteiger partial charge in [0.05, 0.1) is 25.9 Å². The molecule has 0 aromatic heterocycles. The van der Waals surface area contributed by atoms with Gasteiger partial charge in [-0.05, 0) is 52.3 Å². The van der Waals surface area contributed by atoms with E-state index in [0.717, 1.165) is 47.3 Å². The van der Waals surface area contributed by atoms with Gasteiger partial charge in [-0.2, -0.15) is 0 Å². The number of aliphatic hydroxyl groups excluding tert-OH is 1. The summed E-state index contributed by atoms with van der Waals surface area (Å²) in [6, 6.07) is 24.8. The van der Waals surface area contributed by atoms with E-state index in [1.54, 1.807) is 0 Å². The van der Waals surface area contributed by atoms with Crippen LogP contribution in [-0.2, 0) is 38.6 Å². The van der Waals surface area contributed by atoms with Crippen LogP contribution in [0, 0.1) is 10.8 Å². The van der Waals surface area contributed by atoms with E-state index in [4.69, 9.17) is 14.2 Å². The van der Waals surface area contributed by atoms with Gasteiger partial charge in [0.1, 0.15) is 6.04 Å². The number of likely N-dealkylation sites (tertiary alicyclic amines) is 1. The van der Waals surface area contributed by atoms with E-state index in [2.05, 4.69) is 36.3 Å². The molecule has 3 N–H and O–H groups in total. The first-order chi connectivity index (χ1) is 23.5. The number of amides is 2. The maximum absolute atomic E-state index is 12.8.